The number of carbonyl (C=O) groups excluding carboxylic acids is 1. The molecule has 0 atom stereocenters. The number of nitrogens with zero attached hydrogens (tertiary/aromatic N) is 2. The summed E-state index contributed by atoms with van der Waals surface area (Å²) in [6.07, 6.45) is 0. The molecule has 0 bridgehead atoms. The molecule has 0 saturated carbocycles. The average Bonchev–Trinajstić information content (AvgIpc) is 3.16. The van der Waals surface area contributed by atoms with Crippen LogP contribution in [0.4, 0.5) is 0 Å². The number of benzene rings is 2. The molecule has 1 aromatic heterocycles. The van der Waals surface area contributed by atoms with Gasteiger partial charge in [0.1, 0.15) is 0 Å². The van der Waals surface area contributed by atoms with E-state index in [1.54, 1.807) is 11.6 Å². The zero-order valence-electron chi connectivity index (χ0n) is 19.4. The smallest absolute Gasteiger partial charge is 0.280 e. The first-order chi connectivity index (χ1) is 14.4. The predicted molar refractivity (Wildman–Crippen MR) is 126 cm³/mol. The van der Waals surface area contributed by atoms with Crippen LogP contribution in [0, 0.1) is 0 Å². The first-order valence-corrected chi connectivity index (χ1v) is 10.7. The molecule has 1 amide bonds. The van der Waals surface area contributed by atoms with E-state index in [1.165, 1.54) is 11.1 Å². The minimum Gasteiger partial charge on any atom is -0.494 e. The summed E-state index contributed by atoms with van der Waals surface area (Å²) < 4.78 is 1.69. The Labute approximate surface area is 184 Å². The van der Waals surface area contributed by atoms with Crippen molar-refractivity contribution in [1.29, 1.82) is 0 Å². The Morgan fingerprint density at radius 1 is 0.742 bits per heavy atom. The third-order valence-corrected chi connectivity index (χ3v) is 6.08. The van der Waals surface area contributed by atoms with Crippen molar-refractivity contribution in [3.8, 4) is 17.1 Å². The van der Waals surface area contributed by atoms with Gasteiger partial charge in [-0.3, -0.25) is 4.79 Å². The molecule has 0 aliphatic carbocycles. The van der Waals surface area contributed by atoms with E-state index in [9.17, 15) is 9.90 Å². The fourth-order valence-electron chi connectivity index (χ4n) is 4.12. The van der Waals surface area contributed by atoms with Gasteiger partial charge in [0.15, 0.2) is 0 Å². The third-order valence-electron chi connectivity index (χ3n) is 6.08. The number of amides is 1. The van der Waals surface area contributed by atoms with Crippen LogP contribution in [0.15, 0.2) is 53.5 Å². The number of hydrogen-bond donors (Lipinski definition) is 1. The summed E-state index contributed by atoms with van der Waals surface area (Å²) >= 11 is 0. The van der Waals surface area contributed by atoms with Crippen molar-refractivity contribution in [2.24, 2.45) is 12.0 Å². The van der Waals surface area contributed by atoms with Gasteiger partial charge in [0.05, 0.1) is 22.5 Å². The molecule has 1 aliphatic rings. The van der Waals surface area contributed by atoms with Crippen LogP contribution < -0.4 is 0 Å². The van der Waals surface area contributed by atoms with Gasteiger partial charge >= 0.3 is 0 Å². The molecular weight excluding hydrogens is 384 g/mol. The SMILES string of the molecule is Cn1c(O)c2c(c1-c1ccc(C(C)(C)C)cc1)C(=O)N=C2c1ccc(C(C)(C)C)cc1. The Balaban J connectivity index is 1.81. The summed E-state index contributed by atoms with van der Waals surface area (Å²) in [7, 11) is 1.79. The lowest BCUT2D eigenvalue weighted by molar-refractivity contribution is 0.101. The highest BCUT2D eigenvalue weighted by Gasteiger charge is 2.35. The summed E-state index contributed by atoms with van der Waals surface area (Å²) in [6.45, 7) is 13.0. The second-order valence-corrected chi connectivity index (χ2v) is 10.4. The lowest BCUT2D eigenvalue weighted by Crippen LogP contribution is -2.11. The molecule has 1 N–H and O–H groups in total. The van der Waals surface area contributed by atoms with Crippen LogP contribution in [-0.2, 0) is 17.9 Å². The second kappa shape index (κ2) is 6.94. The monoisotopic (exact) mass is 414 g/mol. The number of carbonyl (C=O) groups is 1. The van der Waals surface area contributed by atoms with E-state index in [2.05, 4.69) is 70.8 Å². The summed E-state index contributed by atoms with van der Waals surface area (Å²) in [4.78, 5) is 17.3. The summed E-state index contributed by atoms with van der Waals surface area (Å²) in [5.41, 5.74) is 6.45. The Morgan fingerprint density at radius 3 is 1.65 bits per heavy atom. The van der Waals surface area contributed by atoms with E-state index in [1.807, 2.05) is 24.3 Å². The van der Waals surface area contributed by atoms with Gasteiger partial charge in [0, 0.05) is 12.6 Å². The summed E-state index contributed by atoms with van der Waals surface area (Å²) in [6, 6.07) is 16.3. The number of aromatic nitrogens is 1. The van der Waals surface area contributed by atoms with Crippen molar-refractivity contribution in [3.05, 3.63) is 76.3 Å². The topological polar surface area (TPSA) is 54.6 Å². The van der Waals surface area contributed by atoms with Crippen molar-refractivity contribution >= 4 is 11.6 Å². The molecule has 0 unspecified atom stereocenters. The first kappa shape index (κ1) is 21.1. The van der Waals surface area contributed by atoms with Crippen LogP contribution in [0.25, 0.3) is 11.3 Å². The molecule has 160 valence electrons. The van der Waals surface area contributed by atoms with E-state index in [0.717, 1.165) is 11.1 Å². The van der Waals surface area contributed by atoms with Gasteiger partial charge in [-0.05, 0) is 27.5 Å². The van der Waals surface area contributed by atoms with Gasteiger partial charge in [-0.15, -0.1) is 0 Å². The van der Waals surface area contributed by atoms with Crippen molar-refractivity contribution in [1.82, 2.24) is 4.57 Å². The minimum absolute atomic E-state index is 0.0399. The van der Waals surface area contributed by atoms with E-state index in [4.69, 9.17) is 0 Å². The molecule has 1 aliphatic heterocycles. The largest absolute Gasteiger partial charge is 0.494 e. The Bertz CT molecular complexity index is 1200. The maximum absolute atomic E-state index is 12.9. The molecule has 4 rings (SSSR count). The molecule has 0 radical (unpaired) electrons. The van der Waals surface area contributed by atoms with Crippen molar-refractivity contribution in [3.63, 3.8) is 0 Å². The fourth-order valence-corrected chi connectivity index (χ4v) is 4.12. The van der Waals surface area contributed by atoms with E-state index in [-0.39, 0.29) is 22.6 Å². The fraction of sp³-hybridized carbons (Fsp3) is 0.333. The van der Waals surface area contributed by atoms with Crippen LogP contribution in [-0.4, -0.2) is 21.3 Å². The molecule has 0 saturated heterocycles. The number of aliphatic imine (C=N–C) groups is 1. The molecule has 0 spiro atoms. The number of hydrogen-bond acceptors (Lipinski definition) is 2. The van der Waals surface area contributed by atoms with E-state index in [0.29, 0.717) is 22.5 Å². The summed E-state index contributed by atoms with van der Waals surface area (Å²) in [5.74, 6) is -0.245. The molecule has 4 nitrogen and oxygen atoms in total. The van der Waals surface area contributed by atoms with Crippen LogP contribution in [0.5, 0.6) is 5.88 Å². The third kappa shape index (κ3) is 3.50. The Kier molecular flexibility index (Phi) is 4.73. The molecule has 31 heavy (non-hydrogen) atoms. The van der Waals surface area contributed by atoms with Gasteiger partial charge in [0.25, 0.3) is 5.91 Å². The van der Waals surface area contributed by atoms with E-state index >= 15 is 0 Å². The van der Waals surface area contributed by atoms with Crippen LogP contribution in [0.3, 0.4) is 0 Å². The maximum atomic E-state index is 12.9. The molecule has 2 heterocycles. The van der Waals surface area contributed by atoms with Gasteiger partial charge in [-0.1, -0.05) is 90.1 Å². The number of aromatic hydroxyl groups is 1. The Morgan fingerprint density at radius 2 is 1.19 bits per heavy atom. The van der Waals surface area contributed by atoms with Gasteiger partial charge in [0.2, 0.25) is 5.88 Å². The van der Waals surface area contributed by atoms with Gasteiger partial charge in [-0.25, -0.2) is 4.99 Å². The molecule has 4 heteroatoms. The highest BCUT2D eigenvalue weighted by atomic mass is 16.3. The Hall–Kier alpha value is -3.14. The lowest BCUT2D eigenvalue weighted by atomic mass is 9.86. The zero-order chi connectivity index (χ0) is 22.7. The van der Waals surface area contributed by atoms with Gasteiger partial charge < -0.3 is 9.67 Å². The van der Waals surface area contributed by atoms with Gasteiger partial charge in [-0.2, -0.15) is 0 Å². The van der Waals surface area contributed by atoms with Crippen LogP contribution in [0.2, 0.25) is 0 Å². The summed E-state index contributed by atoms with van der Waals surface area (Å²) in [5, 5.41) is 10.9. The average molecular weight is 415 g/mol. The van der Waals surface area contributed by atoms with Crippen LogP contribution in [0.1, 0.15) is 74.2 Å². The molecule has 0 fully saturated rings. The van der Waals surface area contributed by atoms with Crippen molar-refractivity contribution in [2.75, 3.05) is 0 Å². The van der Waals surface area contributed by atoms with Crippen molar-refractivity contribution < 1.29 is 9.90 Å². The highest BCUT2D eigenvalue weighted by molar-refractivity contribution is 6.30. The maximum Gasteiger partial charge on any atom is 0.280 e. The quantitative estimate of drug-likeness (QED) is 0.560. The van der Waals surface area contributed by atoms with Crippen LogP contribution >= 0.6 is 0 Å². The predicted octanol–water partition coefficient (Wildman–Crippen LogP) is 5.98. The second-order valence-electron chi connectivity index (χ2n) is 10.4. The van der Waals surface area contributed by atoms with Crippen molar-refractivity contribution in [2.45, 2.75) is 52.4 Å². The molecule has 2 aromatic carbocycles. The normalized spacial score (nSPS) is 14.0. The standard InChI is InChI=1S/C27H30N2O2/c1-26(2,3)18-12-8-16(9-13-18)22-20-21(24(30)28-22)23(29(7)25(20)31)17-10-14-19(15-11-17)27(4,5)6/h8-15,31H,1-7H3. The minimum atomic E-state index is -0.310. The molecular formula is C27H30N2O2. The van der Waals surface area contributed by atoms with E-state index < -0.39 is 0 Å². The number of rotatable bonds is 2. The lowest BCUT2D eigenvalue weighted by Gasteiger charge is -2.19. The highest BCUT2D eigenvalue weighted by Crippen LogP contribution is 2.40. The molecule has 3 aromatic rings. The number of fused-ring (bicyclic) bond motifs is 1. The zero-order valence-corrected chi connectivity index (χ0v) is 19.4. The first-order valence-electron chi connectivity index (χ1n) is 10.7.